The summed E-state index contributed by atoms with van der Waals surface area (Å²) in [4.78, 5) is 26.8. The largest absolute Gasteiger partial charge is 0.272 e. The van der Waals surface area contributed by atoms with E-state index < -0.39 is 0 Å². The van der Waals surface area contributed by atoms with Gasteiger partial charge in [0.05, 0.1) is 0 Å². The highest BCUT2D eigenvalue weighted by Crippen LogP contribution is 2.45. The Bertz CT molecular complexity index is 827. The highest BCUT2D eigenvalue weighted by atomic mass is 33.1. The van der Waals surface area contributed by atoms with Crippen LogP contribution in [0.2, 0.25) is 0 Å². The Balaban J connectivity index is 1.37. The topological polar surface area (TPSA) is 40.6 Å². The fraction of sp³-hybridized carbons (Fsp3) is 0.400. The van der Waals surface area contributed by atoms with Crippen LogP contribution in [0.4, 0.5) is 9.59 Å². The van der Waals surface area contributed by atoms with Gasteiger partial charge in [-0.1, -0.05) is 24.3 Å². The maximum absolute atomic E-state index is 12.3. The van der Waals surface area contributed by atoms with Crippen molar-refractivity contribution in [2.75, 3.05) is 26.2 Å². The summed E-state index contributed by atoms with van der Waals surface area (Å²) in [5.41, 5.74) is 0. The van der Waals surface area contributed by atoms with Gasteiger partial charge in [-0.05, 0) is 91.8 Å². The lowest BCUT2D eigenvalue weighted by Gasteiger charge is -2.13. The van der Waals surface area contributed by atoms with E-state index in [-0.39, 0.29) is 8.89 Å². The normalized spacial score (nSPS) is 17.7. The van der Waals surface area contributed by atoms with Gasteiger partial charge in [0.2, 0.25) is 0 Å². The summed E-state index contributed by atoms with van der Waals surface area (Å²) in [7, 11) is 5.64. The van der Waals surface area contributed by atoms with Crippen molar-refractivity contribution < 1.29 is 9.59 Å². The molecule has 0 atom stereocenters. The van der Waals surface area contributed by atoms with Gasteiger partial charge in [0, 0.05) is 59.9 Å². The lowest BCUT2D eigenvalue weighted by atomic mass is 10.1. The van der Waals surface area contributed by atoms with Crippen LogP contribution in [0, 0.1) is 0 Å². The first-order chi connectivity index (χ1) is 14.7. The van der Waals surface area contributed by atoms with Gasteiger partial charge in [-0.15, -0.1) is 0 Å². The maximum atomic E-state index is 12.3. The standard InChI is InChI=1S/C20H22N2O2S6/c23-19(25-21-11-3-4-12-21)29-27-17-9-10-18(16-8-2-1-7-15(16)17)28-30-20(24)26-22-13-5-6-14-22/h1-2,7-10H,3-6,11-14H2. The zero-order chi connectivity index (χ0) is 20.8. The number of carbonyl (C=O) groups is 2. The molecule has 2 aliphatic rings. The Labute approximate surface area is 201 Å². The molecule has 160 valence electrons. The lowest BCUT2D eigenvalue weighted by Crippen LogP contribution is -2.10. The quantitative estimate of drug-likeness (QED) is 0.279. The van der Waals surface area contributed by atoms with Crippen LogP contribution >= 0.6 is 67.1 Å². The van der Waals surface area contributed by atoms with E-state index in [1.807, 2.05) is 12.1 Å². The fourth-order valence-corrected chi connectivity index (χ4v) is 9.60. The molecular weight excluding hydrogens is 493 g/mol. The van der Waals surface area contributed by atoms with Crippen LogP contribution in [0.15, 0.2) is 46.2 Å². The minimum atomic E-state index is 0.129. The molecule has 4 rings (SSSR count). The zero-order valence-electron chi connectivity index (χ0n) is 16.3. The highest BCUT2D eigenvalue weighted by Gasteiger charge is 2.19. The molecule has 2 aromatic carbocycles. The van der Waals surface area contributed by atoms with Crippen LogP contribution < -0.4 is 0 Å². The van der Waals surface area contributed by atoms with Crippen LogP contribution in [0.5, 0.6) is 0 Å². The molecule has 0 spiro atoms. The van der Waals surface area contributed by atoms with Gasteiger partial charge in [-0.2, -0.15) is 0 Å². The average molecular weight is 515 g/mol. The molecule has 2 aliphatic heterocycles. The van der Waals surface area contributed by atoms with Crippen molar-refractivity contribution in [2.24, 2.45) is 0 Å². The molecule has 30 heavy (non-hydrogen) atoms. The van der Waals surface area contributed by atoms with Gasteiger partial charge in [0.1, 0.15) is 0 Å². The van der Waals surface area contributed by atoms with Crippen molar-refractivity contribution in [3.63, 3.8) is 0 Å². The smallest absolute Gasteiger partial charge is 0.271 e. The van der Waals surface area contributed by atoms with E-state index >= 15 is 0 Å². The predicted molar refractivity (Wildman–Crippen MR) is 138 cm³/mol. The molecule has 0 saturated carbocycles. The summed E-state index contributed by atoms with van der Waals surface area (Å²) in [6.45, 7) is 4.01. The predicted octanol–water partition coefficient (Wildman–Crippen LogP) is 8.05. The summed E-state index contributed by atoms with van der Waals surface area (Å²) in [6, 6.07) is 12.4. The van der Waals surface area contributed by atoms with Gasteiger partial charge in [-0.25, -0.2) is 8.61 Å². The van der Waals surface area contributed by atoms with Gasteiger partial charge in [0.25, 0.3) is 8.89 Å². The second kappa shape index (κ2) is 11.8. The van der Waals surface area contributed by atoms with Gasteiger partial charge < -0.3 is 0 Å². The highest BCUT2D eigenvalue weighted by molar-refractivity contribution is 8.86. The van der Waals surface area contributed by atoms with Crippen molar-refractivity contribution in [3.05, 3.63) is 36.4 Å². The van der Waals surface area contributed by atoms with Crippen LogP contribution in [0.25, 0.3) is 10.8 Å². The summed E-state index contributed by atoms with van der Waals surface area (Å²) in [5, 5.41) is 2.25. The van der Waals surface area contributed by atoms with Gasteiger partial charge in [0.15, 0.2) is 0 Å². The minimum absolute atomic E-state index is 0.129. The Morgan fingerprint density at radius 3 is 1.43 bits per heavy atom. The molecule has 4 nitrogen and oxygen atoms in total. The summed E-state index contributed by atoms with van der Waals surface area (Å²) in [6.07, 6.45) is 4.72. The van der Waals surface area contributed by atoms with Crippen molar-refractivity contribution in [1.82, 2.24) is 8.61 Å². The summed E-state index contributed by atoms with van der Waals surface area (Å²) >= 11 is 2.69. The first-order valence-corrected chi connectivity index (χ1v) is 15.7. The Morgan fingerprint density at radius 1 is 0.633 bits per heavy atom. The van der Waals surface area contributed by atoms with Gasteiger partial charge >= 0.3 is 0 Å². The molecule has 2 heterocycles. The molecule has 0 amide bonds. The molecule has 2 aromatic rings. The second-order valence-corrected chi connectivity index (χ2v) is 13.8. The van der Waals surface area contributed by atoms with E-state index in [9.17, 15) is 9.59 Å². The Hall–Kier alpha value is 0.0600. The molecule has 0 aromatic heterocycles. The third-order valence-corrected chi connectivity index (χ3v) is 11.9. The third-order valence-electron chi connectivity index (χ3n) is 4.78. The van der Waals surface area contributed by atoms with Crippen molar-refractivity contribution in [2.45, 2.75) is 35.5 Å². The van der Waals surface area contributed by atoms with E-state index in [0.29, 0.717) is 0 Å². The summed E-state index contributed by atoms with van der Waals surface area (Å²) < 4.78 is 4.57. The molecule has 0 radical (unpaired) electrons. The van der Waals surface area contributed by atoms with Crippen molar-refractivity contribution in [3.8, 4) is 0 Å². The molecule has 0 unspecified atom stereocenters. The van der Waals surface area contributed by atoms with Crippen molar-refractivity contribution >= 4 is 86.7 Å². The number of carbonyl (C=O) groups excluding carboxylic acids is 2. The monoisotopic (exact) mass is 514 g/mol. The van der Waals surface area contributed by atoms with Crippen LogP contribution in [0.3, 0.4) is 0 Å². The van der Waals surface area contributed by atoms with Gasteiger partial charge in [-0.3, -0.25) is 9.59 Å². The molecule has 0 bridgehead atoms. The second-order valence-electron chi connectivity index (χ2n) is 6.90. The number of rotatable bonds is 6. The third kappa shape index (κ3) is 6.54. The van der Waals surface area contributed by atoms with E-state index in [1.165, 1.54) is 92.8 Å². The van der Waals surface area contributed by atoms with E-state index in [2.05, 4.69) is 32.9 Å². The SMILES string of the molecule is O=C(SSc1ccc(SSC(=O)SN2CCCC2)c2ccccc12)SN1CCCC1. The molecule has 2 saturated heterocycles. The van der Waals surface area contributed by atoms with Crippen LogP contribution in [-0.2, 0) is 0 Å². The minimum Gasteiger partial charge on any atom is -0.272 e. The Kier molecular flexibility index (Phi) is 9.13. The Morgan fingerprint density at radius 2 is 1.03 bits per heavy atom. The summed E-state index contributed by atoms with van der Waals surface area (Å²) in [5.74, 6) is 0. The first-order valence-electron chi connectivity index (χ1n) is 9.83. The molecule has 0 aliphatic carbocycles. The molecular formula is C20H22N2O2S6. The molecule has 10 heteroatoms. The maximum Gasteiger partial charge on any atom is 0.271 e. The lowest BCUT2D eigenvalue weighted by molar-refractivity contribution is 0.275. The van der Waals surface area contributed by atoms with Crippen molar-refractivity contribution in [1.29, 1.82) is 0 Å². The van der Waals surface area contributed by atoms with E-state index in [4.69, 9.17) is 0 Å². The molecule has 2 fully saturated rings. The van der Waals surface area contributed by atoms with Crippen LogP contribution in [-0.4, -0.2) is 43.7 Å². The first kappa shape index (κ1) is 23.2. The number of hydrogen-bond donors (Lipinski definition) is 0. The van der Waals surface area contributed by atoms with E-state index in [1.54, 1.807) is 0 Å². The van der Waals surface area contributed by atoms with E-state index in [0.717, 1.165) is 46.7 Å². The fourth-order valence-electron chi connectivity index (χ4n) is 3.35. The molecule has 0 N–H and O–H groups in total. The number of nitrogens with zero attached hydrogens (tertiary/aromatic N) is 2. The average Bonchev–Trinajstić information content (AvgIpc) is 3.45. The number of hydrogen-bond acceptors (Lipinski definition) is 10. The zero-order valence-corrected chi connectivity index (χ0v) is 21.2. The van der Waals surface area contributed by atoms with Crippen LogP contribution in [0.1, 0.15) is 25.7 Å². The number of fused-ring (bicyclic) bond motifs is 1. The number of benzene rings is 2.